The van der Waals surface area contributed by atoms with Crippen molar-refractivity contribution in [2.24, 2.45) is 0 Å². The van der Waals surface area contributed by atoms with E-state index in [0.717, 1.165) is 30.7 Å². The molecule has 1 aliphatic rings. The van der Waals surface area contributed by atoms with Crippen LogP contribution in [-0.4, -0.2) is 30.4 Å². The summed E-state index contributed by atoms with van der Waals surface area (Å²) in [5.74, 6) is 0.961. The lowest BCUT2D eigenvalue weighted by Gasteiger charge is -2.14. The molecule has 4 heteroatoms. The summed E-state index contributed by atoms with van der Waals surface area (Å²) in [5, 5.41) is 2.96. The smallest absolute Gasteiger partial charge is 0.251 e. The number of furan rings is 1. The van der Waals surface area contributed by atoms with E-state index in [-0.39, 0.29) is 5.91 Å². The zero-order chi connectivity index (χ0) is 15.9. The Bertz CT molecular complexity index is 599. The monoisotopic (exact) mass is 312 g/mol. The van der Waals surface area contributed by atoms with Crippen LogP contribution in [0, 0.1) is 0 Å². The van der Waals surface area contributed by atoms with Crippen LogP contribution in [0.1, 0.15) is 40.9 Å². The van der Waals surface area contributed by atoms with Gasteiger partial charge in [0.1, 0.15) is 5.76 Å². The van der Waals surface area contributed by atoms with Crippen LogP contribution >= 0.6 is 0 Å². The molecule has 0 radical (unpaired) electrons. The van der Waals surface area contributed by atoms with Gasteiger partial charge in [0.05, 0.1) is 6.26 Å². The van der Waals surface area contributed by atoms with E-state index in [1.165, 1.54) is 31.5 Å². The highest BCUT2D eigenvalue weighted by atomic mass is 16.3. The average Bonchev–Trinajstić information content (AvgIpc) is 3.26. The molecule has 1 saturated heterocycles. The minimum absolute atomic E-state index is 0.00262. The normalized spacial score (nSPS) is 15.0. The second-order valence-corrected chi connectivity index (χ2v) is 6.12. The zero-order valence-corrected chi connectivity index (χ0v) is 13.5. The summed E-state index contributed by atoms with van der Waals surface area (Å²) in [4.78, 5) is 14.6. The Morgan fingerprint density at radius 1 is 1.13 bits per heavy atom. The molecule has 1 N–H and O–H groups in total. The number of likely N-dealkylation sites (tertiary alicyclic amines) is 1. The molecule has 2 aromatic rings. The van der Waals surface area contributed by atoms with Gasteiger partial charge in [-0.3, -0.25) is 9.69 Å². The molecule has 1 aromatic heterocycles. The fourth-order valence-corrected chi connectivity index (χ4v) is 2.98. The van der Waals surface area contributed by atoms with Crippen LogP contribution in [0.25, 0.3) is 0 Å². The van der Waals surface area contributed by atoms with Crippen LogP contribution < -0.4 is 5.32 Å². The van der Waals surface area contributed by atoms with Crippen LogP contribution in [0.3, 0.4) is 0 Å². The summed E-state index contributed by atoms with van der Waals surface area (Å²) < 4.78 is 5.28. The molecule has 1 amide bonds. The number of hydrogen-bond donors (Lipinski definition) is 1. The van der Waals surface area contributed by atoms with Gasteiger partial charge in [-0.15, -0.1) is 0 Å². The summed E-state index contributed by atoms with van der Waals surface area (Å²) in [5.41, 5.74) is 2.01. The minimum Gasteiger partial charge on any atom is -0.469 e. The fourth-order valence-electron chi connectivity index (χ4n) is 2.98. The quantitative estimate of drug-likeness (QED) is 0.798. The maximum absolute atomic E-state index is 12.1. The number of aryl methyl sites for hydroxylation is 1. The van der Waals surface area contributed by atoms with E-state index in [4.69, 9.17) is 4.42 Å². The number of nitrogens with zero attached hydrogens (tertiary/aromatic N) is 1. The first kappa shape index (κ1) is 15.8. The van der Waals surface area contributed by atoms with E-state index >= 15 is 0 Å². The molecule has 1 aromatic carbocycles. The lowest BCUT2D eigenvalue weighted by Crippen LogP contribution is -2.24. The van der Waals surface area contributed by atoms with Crippen LogP contribution in [0.2, 0.25) is 0 Å². The average molecular weight is 312 g/mol. The second kappa shape index (κ2) is 7.97. The van der Waals surface area contributed by atoms with Crippen molar-refractivity contribution < 1.29 is 9.21 Å². The van der Waals surface area contributed by atoms with Crippen molar-refractivity contribution in [2.45, 2.75) is 32.2 Å². The highest BCUT2D eigenvalue weighted by Crippen LogP contribution is 2.13. The summed E-state index contributed by atoms with van der Waals surface area (Å²) in [6, 6.07) is 11.8. The molecule has 0 saturated carbocycles. The molecule has 0 bridgehead atoms. The molecule has 23 heavy (non-hydrogen) atoms. The molecule has 0 atom stereocenters. The first-order chi connectivity index (χ1) is 11.3. The number of hydrogen-bond acceptors (Lipinski definition) is 3. The van der Waals surface area contributed by atoms with Gasteiger partial charge in [0.25, 0.3) is 5.91 Å². The van der Waals surface area contributed by atoms with Crippen molar-refractivity contribution in [3.8, 4) is 0 Å². The van der Waals surface area contributed by atoms with Crippen molar-refractivity contribution >= 4 is 5.91 Å². The second-order valence-electron chi connectivity index (χ2n) is 6.12. The van der Waals surface area contributed by atoms with Crippen molar-refractivity contribution in [3.05, 3.63) is 59.5 Å². The number of amides is 1. The molecule has 0 aliphatic carbocycles. The summed E-state index contributed by atoms with van der Waals surface area (Å²) in [6.45, 7) is 4.04. The Morgan fingerprint density at radius 3 is 2.61 bits per heavy atom. The molecule has 0 unspecified atom stereocenters. The van der Waals surface area contributed by atoms with Gasteiger partial charge < -0.3 is 9.73 Å². The topological polar surface area (TPSA) is 45.5 Å². The molecular weight excluding hydrogens is 288 g/mol. The number of carbonyl (C=O) groups excluding carboxylic acids is 1. The van der Waals surface area contributed by atoms with Gasteiger partial charge in [-0.1, -0.05) is 12.1 Å². The highest BCUT2D eigenvalue weighted by molar-refractivity contribution is 5.94. The predicted octanol–water partition coefficient (Wildman–Crippen LogP) is 3.24. The first-order valence-corrected chi connectivity index (χ1v) is 8.43. The van der Waals surface area contributed by atoms with Crippen LogP contribution in [0.5, 0.6) is 0 Å². The number of benzene rings is 1. The van der Waals surface area contributed by atoms with Crippen molar-refractivity contribution in [1.29, 1.82) is 0 Å². The van der Waals surface area contributed by atoms with E-state index in [2.05, 4.69) is 22.3 Å². The molecule has 4 nitrogen and oxygen atoms in total. The Morgan fingerprint density at radius 2 is 1.91 bits per heavy atom. The number of carbonyl (C=O) groups is 1. The third-order valence-corrected chi connectivity index (χ3v) is 4.29. The maximum atomic E-state index is 12.1. The van der Waals surface area contributed by atoms with E-state index in [9.17, 15) is 4.79 Å². The summed E-state index contributed by atoms with van der Waals surface area (Å²) in [7, 11) is 0. The summed E-state index contributed by atoms with van der Waals surface area (Å²) in [6.07, 6.45) is 6.02. The van der Waals surface area contributed by atoms with E-state index in [0.29, 0.717) is 6.54 Å². The van der Waals surface area contributed by atoms with Crippen LogP contribution in [0.15, 0.2) is 47.1 Å². The Hall–Kier alpha value is -2.07. The van der Waals surface area contributed by atoms with E-state index < -0.39 is 0 Å². The Balaban J connectivity index is 1.41. The first-order valence-electron chi connectivity index (χ1n) is 8.43. The SMILES string of the molecule is O=C(NCCCc1ccco1)c1ccc(CN2CCCC2)cc1. The minimum atomic E-state index is -0.00262. The molecule has 0 spiro atoms. The van der Waals surface area contributed by atoms with Crippen LogP contribution in [0.4, 0.5) is 0 Å². The number of nitrogens with one attached hydrogen (secondary N) is 1. The molecule has 2 heterocycles. The van der Waals surface area contributed by atoms with Gasteiger partial charge in [-0.25, -0.2) is 0 Å². The van der Waals surface area contributed by atoms with Gasteiger partial charge in [0, 0.05) is 25.1 Å². The fraction of sp³-hybridized carbons (Fsp3) is 0.421. The molecular formula is C19H24N2O2. The number of rotatable bonds is 7. The predicted molar refractivity (Wildman–Crippen MR) is 90.3 cm³/mol. The molecule has 3 rings (SSSR count). The van der Waals surface area contributed by atoms with Gasteiger partial charge in [0.2, 0.25) is 0 Å². The zero-order valence-electron chi connectivity index (χ0n) is 13.5. The third kappa shape index (κ3) is 4.70. The summed E-state index contributed by atoms with van der Waals surface area (Å²) >= 11 is 0. The molecule has 1 aliphatic heterocycles. The molecule has 1 fully saturated rings. The van der Waals surface area contributed by atoms with Crippen molar-refractivity contribution in [1.82, 2.24) is 10.2 Å². The third-order valence-electron chi connectivity index (χ3n) is 4.29. The van der Waals surface area contributed by atoms with Gasteiger partial charge in [-0.2, -0.15) is 0 Å². The Kier molecular flexibility index (Phi) is 5.48. The van der Waals surface area contributed by atoms with Crippen LogP contribution in [-0.2, 0) is 13.0 Å². The van der Waals surface area contributed by atoms with E-state index in [1.54, 1.807) is 6.26 Å². The van der Waals surface area contributed by atoms with Gasteiger partial charge >= 0.3 is 0 Å². The van der Waals surface area contributed by atoms with Crippen molar-refractivity contribution in [2.75, 3.05) is 19.6 Å². The maximum Gasteiger partial charge on any atom is 0.251 e. The highest BCUT2D eigenvalue weighted by Gasteiger charge is 2.12. The lowest BCUT2D eigenvalue weighted by molar-refractivity contribution is 0.0953. The van der Waals surface area contributed by atoms with Crippen molar-refractivity contribution in [3.63, 3.8) is 0 Å². The standard InChI is InChI=1S/C19H24N2O2/c22-19(20-11-3-5-18-6-4-14-23-18)17-9-7-16(8-10-17)15-21-12-1-2-13-21/h4,6-10,14H,1-3,5,11-13,15H2,(H,20,22). The molecule has 122 valence electrons. The largest absolute Gasteiger partial charge is 0.469 e. The van der Waals surface area contributed by atoms with Gasteiger partial charge in [0.15, 0.2) is 0 Å². The lowest BCUT2D eigenvalue weighted by atomic mass is 10.1. The van der Waals surface area contributed by atoms with Gasteiger partial charge in [-0.05, 0) is 62.2 Å². The Labute approximate surface area is 137 Å². The van der Waals surface area contributed by atoms with E-state index in [1.807, 2.05) is 24.3 Å².